The molecule has 0 saturated heterocycles. The van der Waals surface area contributed by atoms with E-state index in [0.717, 1.165) is 37.7 Å². The van der Waals surface area contributed by atoms with E-state index >= 15 is 0 Å². The Morgan fingerprint density at radius 1 is 1.11 bits per heavy atom. The van der Waals surface area contributed by atoms with Crippen LogP contribution in [-0.4, -0.2) is 50.3 Å². The van der Waals surface area contributed by atoms with Crippen LogP contribution in [0.25, 0.3) is 0 Å². The first-order valence-corrected chi connectivity index (χ1v) is 9.08. The summed E-state index contributed by atoms with van der Waals surface area (Å²) in [6, 6.07) is 8.19. The first-order valence-electron chi connectivity index (χ1n) is 9.08. The number of nitrogens with zero attached hydrogens (tertiary/aromatic N) is 7. The van der Waals surface area contributed by atoms with Gasteiger partial charge in [0.2, 0.25) is 5.95 Å². The highest BCUT2D eigenvalue weighted by atomic mass is 15.3. The summed E-state index contributed by atoms with van der Waals surface area (Å²) in [5.74, 6) is 1.61. The molecule has 0 amide bonds. The van der Waals surface area contributed by atoms with Crippen molar-refractivity contribution in [1.82, 2.24) is 29.6 Å². The lowest BCUT2D eigenvalue weighted by Gasteiger charge is -2.27. The van der Waals surface area contributed by atoms with Crippen LogP contribution in [0.2, 0.25) is 0 Å². The Hall–Kier alpha value is -3.00. The van der Waals surface area contributed by atoms with Gasteiger partial charge in [0, 0.05) is 52.3 Å². The fraction of sp³-hybridized carbons (Fsp3) is 0.368. The molecule has 140 valence electrons. The van der Waals surface area contributed by atoms with Crippen LogP contribution in [0.3, 0.4) is 0 Å². The van der Waals surface area contributed by atoms with Gasteiger partial charge in [-0.3, -0.25) is 9.58 Å². The van der Waals surface area contributed by atoms with Crippen LogP contribution >= 0.6 is 0 Å². The molecule has 0 aromatic carbocycles. The summed E-state index contributed by atoms with van der Waals surface area (Å²) in [4.78, 5) is 17.3. The molecule has 3 aromatic rings. The summed E-state index contributed by atoms with van der Waals surface area (Å²) in [7, 11) is 4.01. The minimum absolute atomic E-state index is 0.624. The summed E-state index contributed by atoms with van der Waals surface area (Å²) in [5, 5.41) is 7.90. The predicted octanol–water partition coefficient (Wildman–Crippen LogP) is 1.76. The van der Waals surface area contributed by atoms with Crippen molar-refractivity contribution < 1.29 is 0 Å². The number of aromatic nitrogens is 5. The number of hydrogen-bond acceptors (Lipinski definition) is 7. The maximum atomic E-state index is 4.69. The average molecular weight is 364 g/mol. The van der Waals surface area contributed by atoms with E-state index in [1.54, 1.807) is 18.5 Å². The van der Waals surface area contributed by atoms with Crippen molar-refractivity contribution in [3.63, 3.8) is 0 Å². The molecule has 0 bridgehead atoms. The zero-order chi connectivity index (χ0) is 18.6. The molecule has 0 aliphatic carbocycles. The van der Waals surface area contributed by atoms with Crippen LogP contribution in [0.4, 0.5) is 11.8 Å². The van der Waals surface area contributed by atoms with Gasteiger partial charge in [0.15, 0.2) is 0 Å². The molecule has 4 rings (SSSR count). The normalized spacial score (nSPS) is 14.0. The molecule has 1 aliphatic rings. The lowest BCUT2D eigenvalue weighted by atomic mass is 10.2. The van der Waals surface area contributed by atoms with E-state index in [-0.39, 0.29) is 0 Å². The SMILES string of the molecule is CN(C)c1ccc(CN2CCn3nc(CNc4ncccn4)cc3C2)cn1. The Bertz CT molecular complexity index is 872. The highest BCUT2D eigenvalue weighted by Gasteiger charge is 2.18. The summed E-state index contributed by atoms with van der Waals surface area (Å²) in [6.45, 7) is 4.31. The van der Waals surface area contributed by atoms with Gasteiger partial charge in [-0.15, -0.1) is 0 Å². The molecule has 0 atom stereocenters. The quantitative estimate of drug-likeness (QED) is 0.714. The lowest BCUT2D eigenvalue weighted by molar-refractivity contribution is 0.205. The van der Waals surface area contributed by atoms with E-state index in [1.165, 1.54) is 11.3 Å². The van der Waals surface area contributed by atoms with Gasteiger partial charge in [0.25, 0.3) is 0 Å². The van der Waals surface area contributed by atoms with Gasteiger partial charge >= 0.3 is 0 Å². The number of pyridine rings is 1. The Morgan fingerprint density at radius 3 is 2.70 bits per heavy atom. The molecule has 4 heterocycles. The molecule has 8 nitrogen and oxygen atoms in total. The summed E-state index contributed by atoms with van der Waals surface area (Å²) < 4.78 is 2.10. The van der Waals surface area contributed by atoms with Gasteiger partial charge in [-0.25, -0.2) is 15.0 Å². The van der Waals surface area contributed by atoms with Crippen LogP contribution < -0.4 is 10.2 Å². The first kappa shape index (κ1) is 17.4. The van der Waals surface area contributed by atoms with E-state index in [0.29, 0.717) is 12.5 Å². The van der Waals surface area contributed by atoms with Crippen molar-refractivity contribution in [2.45, 2.75) is 26.2 Å². The molecule has 0 radical (unpaired) electrons. The van der Waals surface area contributed by atoms with E-state index < -0.39 is 0 Å². The lowest BCUT2D eigenvalue weighted by Crippen LogP contribution is -2.33. The molecule has 27 heavy (non-hydrogen) atoms. The second kappa shape index (κ2) is 7.71. The molecule has 3 aromatic heterocycles. The van der Waals surface area contributed by atoms with E-state index in [2.05, 4.69) is 48.0 Å². The maximum absolute atomic E-state index is 4.69. The van der Waals surface area contributed by atoms with Gasteiger partial charge in [-0.05, 0) is 23.8 Å². The van der Waals surface area contributed by atoms with Gasteiger partial charge in [-0.2, -0.15) is 5.10 Å². The molecular formula is C19H24N8. The van der Waals surface area contributed by atoms with E-state index in [9.17, 15) is 0 Å². The van der Waals surface area contributed by atoms with Gasteiger partial charge in [-0.1, -0.05) is 6.07 Å². The Morgan fingerprint density at radius 2 is 1.96 bits per heavy atom. The molecular weight excluding hydrogens is 340 g/mol. The largest absolute Gasteiger partial charge is 0.363 e. The third-order valence-electron chi connectivity index (χ3n) is 4.59. The molecule has 8 heteroatoms. The summed E-state index contributed by atoms with van der Waals surface area (Å²) in [6.07, 6.45) is 5.42. The van der Waals surface area contributed by atoms with Crippen molar-refractivity contribution in [1.29, 1.82) is 0 Å². The highest BCUT2D eigenvalue weighted by Crippen LogP contribution is 2.17. The fourth-order valence-electron chi connectivity index (χ4n) is 3.19. The van der Waals surface area contributed by atoms with Crippen molar-refractivity contribution in [2.75, 3.05) is 30.9 Å². The number of nitrogens with one attached hydrogen (secondary N) is 1. The third kappa shape index (κ3) is 4.22. The monoisotopic (exact) mass is 364 g/mol. The third-order valence-corrected chi connectivity index (χ3v) is 4.59. The second-order valence-corrected chi connectivity index (χ2v) is 6.91. The maximum Gasteiger partial charge on any atom is 0.222 e. The summed E-state index contributed by atoms with van der Waals surface area (Å²) >= 11 is 0. The van der Waals surface area contributed by atoms with Crippen LogP contribution in [-0.2, 0) is 26.2 Å². The number of anilines is 2. The zero-order valence-corrected chi connectivity index (χ0v) is 15.7. The minimum Gasteiger partial charge on any atom is -0.363 e. The van der Waals surface area contributed by atoms with Crippen molar-refractivity contribution >= 4 is 11.8 Å². The van der Waals surface area contributed by atoms with Crippen molar-refractivity contribution in [2.24, 2.45) is 0 Å². The number of fused-ring (bicyclic) bond motifs is 1. The van der Waals surface area contributed by atoms with Gasteiger partial charge < -0.3 is 10.2 Å². The van der Waals surface area contributed by atoms with Crippen LogP contribution in [0.1, 0.15) is 17.0 Å². The smallest absolute Gasteiger partial charge is 0.222 e. The zero-order valence-electron chi connectivity index (χ0n) is 15.7. The van der Waals surface area contributed by atoms with E-state index in [4.69, 9.17) is 5.10 Å². The molecule has 0 unspecified atom stereocenters. The van der Waals surface area contributed by atoms with Crippen LogP contribution in [0, 0.1) is 0 Å². The van der Waals surface area contributed by atoms with Crippen molar-refractivity contribution in [3.05, 3.63) is 59.8 Å². The Labute approximate surface area is 158 Å². The standard InChI is InChI=1S/C19H24N8/c1-25(2)18-5-4-15(11-22-18)13-26-8-9-27-17(14-26)10-16(24-27)12-23-19-20-6-3-7-21-19/h3-7,10-11H,8-9,12-14H2,1-2H3,(H,20,21,23). The number of hydrogen-bond donors (Lipinski definition) is 1. The topological polar surface area (TPSA) is 75.0 Å². The first-order chi connectivity index (χ1) is 13.2. The van der Waals surface area contributed by atoms with Crippen LogP contribution in [0.15, 0.2) is 42.9 Å². The second-order valence-electron chi connectivity index (χ2n) is 6.91. The highest BCUT2D eigenvalue weighted by molar-refractivity contribution is 5.37. The molecule has 0 fully saturated rings. The van der Waals surface area contributed by atoms with Crippen molar-refractivity contribution in [3.8, 4) is 0 Å². The average Bonchev–Trinajstić information content (AvgIpc) is 3.10. The van der Waals surface area contributed by atoms with Gasteiger partial charge in [0.05, 0.1) is 24.5 Å². The molecule has 0 spiro atoms. The molecule has 1 N–H and O–H groups in total. The van der Waals surface area contributed by atoms with Crippen LogP contribution in [0.5, 0.6) is 0 Å². The number of rotatable bonds is 6. The minimum atomic E-state index is 0.624. The Balaban J connectivity index is 1.36. The predicted molar refractivity (Wildman–Crippen MR) is 104 cm³/mol. The van der Waals surface area contributed by atoms with Gasteiger partial charge in [0.1, 0.15) is 5.82 Å². The fourth-order valence-corrected chi connectivity index (χ4v) is 3.19. The molecule has 1 aliphatic heterocycles. The Kier molecular flexibility index (Phi) is 4.97. The molecule has 0 saturated carbocycles. The van der Waals surface area contributed by atoms with E-state index in [1.807, 2.05) is 25.2 Å². The summed E-state index contributed by atoms with van der Waals surface area (Å²) in [5.41, 5.74) is 3.48.